The summed E-state index contributed by atoms with van der Waals surface area (Å²) in [4.78, 5) is 4.35. The van der Waals surface area contributed by atoms with Crippen molar-refractivity contribution in [3.05, 3.63) is 28.5 Å². The zero-order valence-corrected chi connectivity index (χ0v) is 12.4. The maximum absolute atomic E-state index is 9.07. The first kappa shape index (κ1) is 13.4. The predicted octanol–water partition coefficient (Wildman–Crippen LogP) is 2.74. The Kier molecular flexibility index (Phi) is 3.76. The molecule has 1 heterocycles. The van der Waals surface area contributed by atoms with Crippen LogP contribution in [0.3, 0.4) is 0 Å². The van der Waals surface area contributed by atoms with Gasteiger partial charge in [-0.3, -0.25) is 0 Å². The highest BCUT2D eigenvalue weighted by atomic mass is 79.9. The van der Waals surface area contributed by atoms with E-state index in [1.54, 1.807) is 31.9 Å². The molecule has 0 spiro atoms. The van der Waals surface area contributed by atoms with Crippen LogP contribution in [0.4, 0.5) is 0 Å². The second kappa shape index (κ2) is 5.33. The van der Waals surface area contributed by atoms with Gasteiger partial charge in [0.15, 0.2) is 5.69 Å². The number of aromatic nitrogens is 2. The highest BCUT2D eigenvalue weighted by Crippen LogP contribution is 2.31. The Morgan fingerprint density at radius 3 is 2.21 bits per heavy atom. The van der Waals surface area contributed by atoms with Gasteiger partial charge in [-0.15, -0.1) is 0 Å². The number of halogens is 1. The highest BCUT2D eigenvalue weighted by molar-refractivity contribution is 9.10. The predicted molar refractivity (Wildman–Crippen MR) is 74.2 cm³/mol. The van der Waals surface area contributed by atoms with E-state index in [-0.39, 0.29) is 0 Å². The van der Waals surface area contributed by atoms with Crippen LogP contribution in [0.15, 0.2) is 22.8 Å². The number of nitrogens with zero attached hydrogens (tertiary/aromatic N) is 3. The molecule has 0 bridgehead atoms. The summed E-state index contributed by atoms with van der Waals surface area (Å²) >= 11 is 3.28. The average molecular weight is 322 g/mol. The fourth-order valence-corrected chi connectivity index (χ4v) is 2.30. The Hall–Kier alpha value is -2.00. The average Bonchev–Trinajstić information content (AvgIpc) is 2.72. The van der Waals surface area contributed by atoms with Crippen molar-refractivity contribution in [3.8, 4) is 29.0 Å². The zero-order chi connectivity index (χ0) is 14.0. The number of nitriles is 1. The summed E-state index contributed by atoms with van der Waals surface area (Å²) in [6.07, 6.45) is 0. The van der Waals surface area contributed by atoms with Gasteiger partial charge in [0.05, 0.1) is 14.2 Å². The van der Waals surface area contributed by atoms with Crippen molar-refractivity contribution in [1.29, 1.82) is 5.26 Å². The maximum atomic E-state index is 9.07. The smallest absolute Gasteiger partial charge is 0.154 e. The van der Waals surface area contributed by atoms with Crippen molar-refractivity contribution in [2.75, 3.05) is 14.2 Å². The summed E-state index contributed by atoms with van der Waals surface area (Å²) in [7, 11) is 4.97. The number of hydrogen-bond acceptors (Lipinski definition) is 4. The summed E-state index contributed by atoms with van der Waals surface area (Å²) < 4.78 is 12.7. The highest BCUT2D eigenvalue weighted by Gasteiger charge is 2.15. The molecule has 19 heavy (non-hydrogen) atoms. The standard InChI is InChI=1S/C13H12BrN3O2/c1-17-11(7-15)12(14)16-13(17)8-4-9(18-2)6-10(5-8)19-3/h4-6H,1-3H3. The Balaban J connectivity index is 2.62. The maximum Gasteiger partial charge on any atom is 0.154 e. The molecule has 0 amide bonds. The zero-order valence-electron chi connectivity index (χ0n) is 10.8. The van der Waals surface area contributed by atoms with Crippen LogP contribution in [0.5, 0.6) is 11.5 Å². The number of hydrogen-bond donors (Lipinski definition) is 0. The second-order valence-electron chi connectivity index (χ2n) is 3.85. The first-order chi connectivity index (χ1) is 9.10. The second-order valence-corrected chi connectivity index (χ2v) is 4.60. The fraction of sp³-hybridized carbons (Fsp3) is 0.231. The van der Waals surface area contributed by atoms with Gasteiger partial charge in [-0.25, -0.2) is 4.98 Å². The molecule has 0 N–H and O–H groups in total. The molecule has 0 fully saturated rings. The topological polar surface area (TPSA) is 60.1 Å². The molecule has 2 aromatic rings. The van der Waals surface area contributed by atoms with Crippen LogP contribution >= 0.6 is 15.9 Å². The van der Waals surface area contributed by atoms with Gasteiger partial charge in [-0.2, -0.15) is 5.26 Å². The van der Waals surface area contributed by atoms with E-state index in [1.165, 1.54) is 0 Å². The minimum atomic E-state index is 0.469. The Morgan fingerprint density at radius 1 is 1.21 bits per heavy atom. The van der Waals surface area contributed by atoms with E-state index < -0.39 is 0 Å². The molecular weight excluding hydrogens is 310 g/mol. The molecule has 1 aromatic carbocycles. The van der Waals surface area contributed by atoms with Crippen LogP contribution in [-0.2, 0) is 7.05 Å². The third-order valence-electron chi connectivity index (χ3n) is 2.77. The molecular formula is C13H12BrN3O2. The molecule has 0 atom stereocenters. The molecule has 5 nitrogen and oxygen atoms in total. The van der Waals surface area contributed by atoms with E-state index in [4.69, 9.17) is 14.7 Å². The van der Waals surface area contributed by atoms with Gasteiger partial charge in [0, 0.05) is 18.7 Å². The monoisotopic (exact) mass is 321 g/mol. The first-order valence-corrected chi connectivity index (χ1v) is 6.25. The molecule has 6 heteroatoms. The molecule has 0 aliphatic rings. The van der Waals surface area contributed by atoms with Crippen LogP contribution in [0.1, 0.15) is 5.69 Å². The molecule has 0 aliphatic heterocycles. The van der Waals surface area contributed by atoms with Crippen molar-refractivity contribution < 1.29 is 9.47 Å². The minimum Gasteiger partial charge on any atom is -0.497 e. The van der Waals surface area contributed by atoms with Gasteiger partial charge in [-0.1, -0.05) is 0 Å². The Labute approximate surface area is 119 Å². The van der Waals surface area contributed by atoms with Crippen LogP contribution in [0.2, 0.25) is 0 Å². The molecule has 0 saturated carbocycles. The third-order valence-corrected chi connectivity index (χ3v) is 3.32. The SMILES string of the molecule is COc1cc(OC)cc(-c2nc(Br)c(C#N)n2C)c1. The lowest BCUT2D eigenvalue weighted by Crippen LogP contribution is -1.96. The molecule has 2 rings (SSSR count). The van der Waals surface area contributed by atoms with Crippen molar-refractivity contribution in [3.63, 3.8) is 0 Å². The van der Waals surface area contributed by atoms with Crippen LogP contribution in [0.25, 0.3) is 11.4 Å². The van der Waals surface area contributed by atoms with Crippen molar-refractivity contribution in [2.24, 2.45) is 7.05 Å². The lowest BCUT2D eigenvalue weighted by molar-refractivity contribution is 0.394. The van der Waals surface area contributed by atoms with Crippen LogP contribution in [0, 0.1) is 11.3 Å². The molecule has 1 aromatic heterocycles. The van der Waals surface area contributed by atoms with E-state index in [1.807, 2.05) is 12.1 Å². The number of benzene rings is 1. The minimum absolute atomic E-state index is 0.469. The van der Waals surface area contributed by atoms with E-state index in [9.17, 15) is 0 Å². The molecule has 0 aliphatic carbocycles. The van der Waals surface area contributed by atoms with Gasteiger partial charge in [-0.05, 0) is 28.1 Å². The third kappa shape index (κ3) is 2.42. The summed E-state index contributed by atoms with van der Waals surface area (Å²) in [6, 6.07) is 7.58. The molecule has 0 saturated heterocycles. The molecule has 0 radical (unpaired) electrons. The van der Waals surface area contributed by atoms with E-state index in [2.05, 4.69) is 27.0 Å². The fourth-order valence-electron chi connectivity index (χ4n) is 1.78. The Morgan fingerprint density at radius 2 is 1.79 bits per heavy atom. The largest absolute Gasteiger partial charge is 0.497 e. The van der Waals surface area contributed by atoms with Crippen LogP contribution < -0.4 is 9.47 Å². The van der Waals surface area contributed by atoms with E-state index in [0.29, 0.717) is 27.6 Å². The summed E-state index contributed by atoms with van der Waals surface area (Å²) in [5.41, 5.74) is 1.29. The number of methoxy groups -OCH3 is 2. The van der Waals surface area contributed by atoms with Crippen molar-refractivity contribution >= 4 is 15.9 Å². The summed E-state index contributed by atoms with van der Waals surface area (Å²) in [5.74, 6) is 2.01. The first-order valence-electron chi connectivity index (χ1n) is 5.46. The summed E-state index contributed by atoms with van der Waals surface area (Å²) in [5, 5.41) is 9.07. The van der Waals surface area contributed by atoms with Gasteiger partial charge in [0.2, 0.25) is 0 Å². The molecule has 98 valence electrons. The lowest BCUT2D eigenvalue weighted by atomic mass is 10.2. The Bertz CT molecular complexity index is 636. The van der Waals surface area contributed by atoms with Gasteiger partial charge in [0.1, 0.15) is 28.0 Å². The quantitative estimate of drug-likeness (QED) is 0.872. The molecule has 0 unspecified atom stereocenters. The number of rotatable bonds is 3. The normalized spacial score (nSPS) is 10.1. The van der Waals surface area contributed by atoms with Gasteiger partial charge >= 0.3 is 0 Å². The van der Waals surface area contributed by atoms with Crippen molar-refractivity contribution in [1.82, 2.24) is 9.55 Å². The summed E-state index contributed by atoms with van der Waals surface area (Å²) in [6.45, 7) is 0. The van der Waals surface area contributed by atoms with Gasteiger partial charge < -0.3 is 14.0 Å². The van der Waals surface area contributed by atoms with E-state index in [0.717, 1.165) is 5.56 Å². The van der Waals surface area contributed by atoms with E-state index >= 15 is 0 Å². The number of ether oxygens (including phenoxy) is 2. The lowest BCUT2D eigenvalue weighted by Gasteiger charge is -2.08. The number of imidazole rings is 1. The van der Waals surface area contributed by atoms with Crippen molar-refractivity contribution in [2.45, 2.75) is 0 Å². The van der Waals surface area contributed by atoms with Crippen LogP contribution in [-0.4, -0.2) is 23.8 Å². The van der Waals surface area contributed by atoms with Gasteiger partial charge in [0.25, 0.3) is 0 Å².